The number of allylic oxidation sites excluding steroid dienone is 5. The first-order valence-electron chi connectivity index (χ1n) is 5.99. The van der Waals surface area contributed by atoms with E-state index in [4.69, 9.17) is 0 Å². The quantitative estimate of drug-likeness (QED) is 0.482. The monoisotopic (exact) mass is 240 g/mol. The van der Waals surface area contributed by atoms with Crippen LogP contribution in [0.1, 0.15) is 63.3 Å². The summed E-state index contributed by atoms with van der Waals surface area (Å²) in [6, 6.07) is 0. The molecule has 0 nitrogen and oxygen atoms in total. The van der Waals surface area contributed by atoms with E-state index in [1.54, 1.807) is 0 Å². The Hall–Kier alpha value is -0.780. The molecule has 0 fully saturated rings. The summed E-state index contributed by atoms with van der Waals surface area (Å²) >= 11 is 0. The fourth-order valence-corrected chi connectivity index (χ4v) is 0.973. The molecular weight excluding hydrogens is 204 g/mol. The zero-order valence-corrected chi connectivity index (χ0v) is 11.6. The van der Waals surface area contributed by atoms with Gasteiger partial charge in [-0.2, -0.15) is 0 Å². The van der Waals surface area contributed by atoms with Gasteiger partial charge in [0.05, 0.1) is 0 Å². The highest BCUT2D eigenvalue weighted by molar-refractivity contribution is 5.28. The average molecular weight is 240 g/mol. The Kier molecular flexibility index (Phi) is 22.5. The zero-order valence-electron chi connectivity index (χ0n) is 11.6. The lowest BCUT2D eigenvalue weighted by molar-refractivity contribution is 0.749. The SMILES string of the molecule is C.C.C=C/C=C(\C=C(/C)C(C)C)C(C)C.CC. The first kappa shape index (κ1) is 25.2. The number of hydrogen-bond donors (Lipinski definition) is 0. The Morgan fingerprint density at radius 2 is 1.35 bits per heavy atom. The van der Waals surface area contributed by atoms with Crippen LogP contribution >= 0.6 is 0 Å². The third-order valence-corrected chi connectivity index (χ3v) is 2.28. The van der Waals surface area contributed by atoms with Crippen molar-refractivity contribution in [1.82, 2.24) is 0 Å². The second-order valence-corrected chi connectivity index (χ2v) is 4.10. The third kappa shape index (κ3) is 13.2. The van der Waals surface area contributed by atoms with Crippen LogP contribution in [0.25, 0.3) is 0 Å². The van der Waals surface area contributed by atoms with E-state index in [0.717, 1.165) is 0 Å². The summed E-state index contributed by atoms with van der Waals surface area (Å²) < 4.78 is 0. The van der Waals surface area contributed by atoms with Gasteiger partial charge in [-0.25, -0.2) is 0 Å². The Morgan fingerprint density at radius 3 is 1.59 bits per heavy atom. The second-order valence-electron chi connectivity index (χ2n) is 4.10. The second kappa shape index (κ2) is 15.2. The van der Waals surface area contributed by atoms with Crippen molar-refractivity contribution in [1.29, 1.82) is 0 Å². The molecule has 0 rings (SSSR count). The van der Waals surface area contributed by atoms with Crippen LogP contribution in [0.3, 0.4) is 0 Å². The van der Waals surface area contributed by atoms with Gasteiger partial charge in [-0.15, -0.1) is 0 Å². The lowest BCUT2D eigenvalue weighted by Gasteiger charge is -2.10. The molecule has 0 aromatic heterocycles. The van der Waals surface area contributed by atoms with Crippen LogP contribution in [0.4, 0.5) is 0 Å². The Morgan fingerprint density at radius 1 is 0.941 bits per heavy atom. The maximum atomic E-state index is 3.73. The topological polar surface area (TPSA) is 0 Å². The van der Waals surface area contributed by atoms with Crippen molar-refractivity contribution in [2.75, 3.05) is 0 Å². The van der Waals surface area contributed by atoms with Gasteiger partial charge >= 0.3 is 0 Å². The molecule has 0 saturated heterocycles. The van der Waals surface area contributed by atoms with Gasteiger partial charge in [0.25, 0.3) is 0 Å². The van der Waals surface area contributed by atoms with Crippen molar-refractivity contribution >= 4 is 0 Å². The Balaban J connectivity index is -0.000000199. The van der Waals surface area contributed by atoms with E-state index in [9.17, 15) is 0 Å². The van der Waals surface area contributed by atoms with Crippen molar-refractivity contribution < 1.29 is 0 Å². The summed E-state index contributed by atoms with van der Waals surface area (Å²) in [4.78, 5) is 0. The summed E-state index contributed by atoms with van der Waals surface area (Å²) in [5.41, 5.74) is 2.79. The van der Waals surface area contributed by atoms with Crippen LogP contribution in [0, 0.1) is 11.8 Å². The Bertz CT molecular complexity index is 214. The summed E-state index contributed by atoms with van der Waals surface area (Å²) in [6.45, 7) is 18.8. The van der Waals surface area contributed by atoms with Crippen molar-refractivity contribution in [3.63, 3.8) is 0 Å². The molecule has 0 aliphatic rings. The molecule has 0 heterocycles. The zero-order chi connectivity index (χ0) is 12.4. The molecule has 0 spiro atoms. The smallest absolute Gasteiger partial charge is 0.0219 e. The summed E-state index contributed by atoms with van der Waals surface area (Å²) in [5, 5.41) is 0. The van der Waals surface area contributed by atoms with Crippen molar-refractivity contribution in [3.05, 3.63) is 36.0 Å². The Labute approximate surface area is 112 Å². The van der Waals surface area contributed by atoms with E-state index in [1.807, 2.05) is 19.9 Å². The lowest BCUT2D eigenvalue weighted by Crippen LogP contribution is -1.95. The average Bonchev–Trinajstić information content (AvgIpc) is 2.19. The first-order valence-corrected chi connectivity index (χ1v) is 5.99. The maximum absolute atomic E-state index is 3.73. The highest BCUT2D eigenvalue weighted by Crippen LogP contribution is 2.17. The van der Waals surface area contributed by atoms with Crippen LogP contribution in [0.5, 0.6) is 0 Å². The molecule has 0 heteroatoms. The number of rotatable bonds is 4. The summed E-state index contributed by atoms with van der Waals surface area (Å²) in [6.07, 6.45) is 6.23. The van der Waals surface area contributed by atoms with Gasteiger partial charge in [-0.1, -0.05) is 86.8 Å². The molecule has 0 N–H and O–H groups in total. The molecule has 0 aliphatic carbocycles. The third-order valence-electron chi connectivity index (χ3n) is 2.28. The van der Waals surface area contributed by atoms with Crippen LogP contribution < -0.4 is 0 Å². The van der Waals surface area contributed by atoms with Crippen molar-refractivity contribution in [2.45, 2.75) is 63.3 Å². The minimum absolute atomic E-state index is 0. The standard InChI is InChI=1S/C13H22.C2H6.2CH4/c1-7-8-13(11(4)5)9-12(6)10(2)3;1-2;;/h7-11H,1H2,2-6H3;1-2H3;2*1H4/b12-9+,13-8+;;;. The highest BCUT2D eigenvalue weighted by atomic mass is 14.1. The predicted octanol–water partition coefficient (Wildman–Crippen LogP) is 6.66. The van der Waals surface area contributed by atoms with Crippen LogP contribution in [-0.4, -0.2) is 0 Å². The molecule has 0 saturated carbocycles. The largest absolute Gasteiger partial charge is 0.0991 e. The van der Waals surface area contributed by atoms with Gasteiger partial charge < -0.3 is 0 Å². The van der Waals surface area contributed by atoms with Gasteiger partial charge in [0, 0.05) is 0 Å². The highest BCUT2D eigenvalue weighted by Gasteiger charge is 2.01. The van der Waals surface area contributed by atoms with Gasteiger partial charge in [0.2, 0.25) is 0 Å². The van der Waals surface area contributed by atoms with Gasteiger partial charge in [-0.3, -0.25) is 0 Å². The summed E-state index contributed by atoms with van der Waals surface area (Å²) in [7, 11) is 0. The molecule has 0 aromatic carbocycles. The predicted molar refractivity (Wildman–Crippen MR) is 86.5 cm³/mol. The van der Waals surface area contributed by atoms with Crippen molar-refractivity contribution in [2.24, 2.45) is 11.8 Å². The molecule has 17 heavy (non-hydrogen) atoms. The molecule has 0 amide bonds. The van der Waals surface area contributed by atoms with E-state index in [1.165, 1.54) is 11.1 Å². The molecular formula is C17H36. The van der Waals surface area contributed by atoms with Crippen molar-refractivity contribution in [3.8, 4) is 0 Å². The van der Waals surface area contributed by atoms with E-state index < -0.39 is 0 Å². The first-order chi connectivity index (χ1) is 6.99. The summed E-state index contributed by atoms with van der Waals surface area (Å²) in [5.74, 6) is 1.21. The maximum Gasteiger partial charge on any atom is -0.0219 e. The molecule has 0 atom stereocenters. The van der Waals surface area contributed by atoms with Gasteiger partial charge in [0.15, 0.2) is 0 Å². The van der Waals surface area contributed by atoms with Gasteiger partial charge in [-0.05, 0) is 24.3 Å². The molecule has 0 aromatic rings. The van der Waals surface area contributed by atoms with E-state index in [2.05, 4.69) is 53.3 Å². The fourth-order valence-electron chi connectivity index (χ4n) is 0.973. The molecule has 0 unspecified atom stereocenters. The van der Waals surface area contributed by atoms with E-state index in [0.29, 0.717) is 11.8 Å². The minimum atomic E-state index is 0. The normalized spacial score (nSPS) is 11.1. The van der Waals surface area contributed by atoms with E-state index >= 15 is 0 Å². The molecule has 104 valence electrons. The lowest BCUT2D eigenvalue weighted by atomic mass is 9.96. The van der Waals surface area contributed by atoms with Crippen LogP contribution in [0.15, 0.2) is 36.0 Å². The molecule has 0 radical (unpaired) electrons. The number of hydrogen-bond acceptors (Lipinski definition) is 0. The minimum Gasteiger partial charge on any atom is -0.0991 e. The van der Waals surface area contributed by atoms with E-state index in [-0.39, 0.29) is 14.9 Å². The molecule has 0 aliphatic heterocycles. The van der Waals surface area contributed by atoms with Gasteiger partial charge in [0.1, 0.15) is 0 Å². The van der Waals surface area contributed by atoms with Crippen LogP contribution in [-0.2, 0) is 0 Å². The fraction of sp³-hybridized carbons (Fsp3) is 0.647. The molecule has 0 bridgehead atoms. The van der Waals surface area contributed by atoms with Crippen LogP contribution in [0.2, 0.25) is 0 Å².